The lowest BCUT2D eigenvalue weighted by molar-refractivity contribution is 1.02. The van der Waals surface area contributed by atoms with Crippen molar-refractivity contribution >= 4 is 66.5 Å². The number of hydrogen-bond acceptors (Lipinski definition) is 2. The van der Waals surface area contributed by atoms with Crippen molar-refractivity contribution in [3.8, 4) is 11.1 Å². The summed E-state index contributed by atoms with van der Waals surface area (Å²) in [6.45, 7) is 4.07. The van der Waals surface area contributed by atoms with Gasteiger partial charge in [0.2, 0.25) is 0 Å². The molecule has 0 amide bonds. The van der Waals surface area contributed by atoms with Crippen LogP contribution < -0.4 is 11.1 Å². The van der Waals surface area contributed by atoms with E-state index < -0.39 is 0 Å². The van der Waals surface area contributed by atoms with Crippen LogP contribution in [0, 0.1) is 0 Å². The highest BCUT2D eigenvalue weighted by atomic mass is 15.0. The minimum atomic E-state index is 0.861. The number of rotatable bonds is 6. The topological polar surface area (TPSA) is 43.0 Å². The zero-order chi connectivity index (χ0) is 34.7. The van der Waals surface area contributed by atoms with Crippen molar-refractivity contribution in [1.82, 2.24) is 4.57 Å². The Kier molecular flexibility index (Phi) is 8.53. The van der Waals surface area contributed by atoms with E-state index >= 15 is 0 Å². The smallest absolute Gasteiger partial charge is 0.0734 e. The van der Waals surface area contributed by atoms with Gasteiger partial charge < -0.3 is 15.6 Å². The minimum absolute atomic E-state index is 0.861. The molecule has 9 aromatic rings. The van der Waals surface area contributed by atoms with Crippen LogP contribution in [0.25, 0.3) is 60.6 Å². The van der Waals surface area contributed by atoms with Gasteiger partial charge in [0.1, 0.15) is 0 Å². The normalized spacial score (nSPS) is 11.1. The van der Waals surface area contributed by atoms with Crippen molar-refractivity contribution in [1.29, 1.82) is 0 Å². The van der Waals surface area contributed by atoms with Crippen molar-refractivity contribution in [2.75, 3.05) is 11.1 Å². The molecule has 1 heterocycles. The molecule has 0 saturated heterocycles. The summed E-state index contributed by atoms with van der Waals surface area (Å²) in [6, 6.07) is 59.4. The molecule has 0 aliphatic rings. The van der Waals surface area contributed by atoms with Crippen LogP contribution in [0.2, 0.25) is 0 Å². The first-order chi connectivity index (χ1) is 25.1. The Hall–Kier alpha value is -6.58. The highest BCUT2D eigenvalue weighted by Crippen LogP contribution is 2.43. The van der Waals surface area contributed by atoms with E-state index in [0.717, 1.165) is 29.0 Å². The number of nitrogens with one attached hydrogen (secondary N) is 1. The van der Waals surface area contributed by atoms with E-state index in [1.54, 1.807) is 0 Å². The predicted molar refractivity (Wildman–Crippen MR) is 221 cm³/mol. The Morgan fingerprint density at radius 1 is 0.549 bits per heavy atom. The first-order valence-corrected chi connectivity index (χ1v) is 17.4. The molecule has 0 radical (unpaired) electrons. The number of benzene rings is 8. The standard InChI is InChI=1S/C29H22N2.C19H17N/c1-3-19-17-18-25-26-23-15-9-7-13-21(23)22-14-8-10-16-24(22)28(26)31(2)29(25)27(19)30-20-11-5-4-6-12-20;20-19-9-5-4-8-18(19)14-15-10-12-17(13-11-15)16-6-2-1-3-7-16/h3-18,30H,1H2,2H3;1-13H,14,20H2. The highest BCUT2D eigenvalue weighted by molar-refractivity contribution is 6.32. The summed E-state index contributed by atoms with van der Waals surface area (Å²) in [5, 5.41) is 11.4. The molecular weight excluding hydrogens is 619 g/mol. The molecule has 9 rings (SSSR count). The van der Waals surface area contributed by atoms with E-state index in [1.807, 2.05) is 36.4 Å². The Labute approximate surface area is 298 Å². The number of anilines is 3. The minimum Gasteiger partial charge on any atom is -0.398 e. The van der Waals surface area contributed by atoms with E-state index in [2.05, 4.69) is 163 Å². The van der Waals surface area contributed by atoms with Crippen molar-refractivity contribution in [2.45, 2.75) is 6.42 Å². The molecular formula is C48H39N3. The van der Waals surface area contributed by atoms with Crippen molar-refractivity contribution < 1.29 is 0 Å². The molecule has 3 heteroatoms. The third-order valence-electron chi connectivity index (χ3n) is 9.83. The molecule has 246 valence electrons. The molecule has 3 nitrogen and oxygen atoms in total. The number of hydrogen-bond donors (Lipinski definition) is 2. The van der Waals surface area contributed by atoms with Crippen LogP contribution in [0.4, 0.5) is 17.1 Å². The van der Waals surface area contributed by atoms with Crippen LogP contribution in [-0.4, -0.2) is 4.57 Å². The molecule has 8 aromatic carbocycles. The summed E-state index contributed by atoms with van der Waals surface area (Å²) in [7, 11) is 2.18. The maximum Gasteiger partial charge on any atom is 0.0734 e. The number of fused-ring (bicyclic) bond motifs is 8. The van der Waals surface area contributed by atoms with Crippen LogP contribution in [-0.2, 0) is 13.5 Å². The second-order valence-corrected chi connectivity index (χ2v) is 12.9. The maximum absolute atomic E-state index is 5.99. The molecule has 3 N–H and O–H groups in total. The highest BCUT2D eigenvalue weighted by Gasteiger charge is 2.19. The first-order valence-electron chi connectivity index (χ1n) is 17.4. The zero-order valence-corrected chi connectivity index (χ0v) is 28.7. The summed E-state index contributed by atoms with van der Waals surface area (Å²) in [4.78, 5) is 0. The van der Waals surface area contributed by atoms with Gasteiger partial charge in [0.15, 0.2) is 0 Å². The summed E-state index contributed by atoms with van der Waals surface area (Å²) in [5.74, 6) is 0. The van der Waals surface area contributed by atoms with Gasteiger partial charge in [0, 0.05) is 34.6 Å². The largest absolute Gasteiger partial charge is 0.398 e. The van der Waals surface area contributed by atoms with Gasteiger partial charge in [-0.25, -0.2) is 0 Å². The summed E-state index contributed by atoms with van der Waals surface area (Å²) in [6.07, 6.45) is 2.81. The lowest BCUT2D eigenvalue weighted by Crippen LogP contribution is -1.98. The molecule has 0 unspecified atom stereocenters. The molecule has 0 fully saturated rings. The first kappa shape index (κ1) is 31.7. The molecule has 0 aliphatic carbocycles. The number of nitrogen functional groups attached to an aromatic ring is 1. The fourth-order valence-corrected chi connectivity index (χ4v) is 7.34. The van der Waals surface area contributed by atoms with Gasteiger partial charge in [0.25, 0.3) is 0 Å². The van der Waals surface area contributed by atoms with Crippen LogP contribution in [0.3, 0.4) is 0 Å². The van der Waals surface area contributed by atoms with Crippen LogP contribution in [0.5, 0.6) is 0 Å². The molecule has 0 aliphatic heterocycles. The van der Waals surface area contributed by atoms with E-state index in [9.17, 15) is 0 Å². The van der Waals surface area contributed by atoms with Gasteiger partial charge in [-0.15, -0.1) is 0 Å². The number of para-hydroxylation sites is 2. The van der Waals surface area contributed by atoms with Crippen LogP contribution in [0.1, 0.15) is 16.7 Å². The van der Waals surface area contributed by atoms with E-state index in [4.69, 9.17) is 5.73 Å². The van der Waals surface area contributed by atoms with Gasteiger partial charge in [-0.2, -0.15) is 0 Å². The monoisotopic (exact) mass is 657 g/mol. The second kappa shape index (κ2) is 13.7. The Morgan fingerprint density at radius 3 is 1.80 bits per heavy atom. The summed E-state index contributed by atoms with van der Waals surface area (Å²) < 4.78 is 2.34. The van der Waals surface area contributed by atoms with Crippen LogP contribution >= 0.6 is 0 Å². The van der Waals surface area contributed by atoms with Crippen LogP contribution in [0.15, 0.2) is 176 Å². The molecule has 0 atom stereocenters. The lowest BCUT2D eigenvalue weighted by Gasteiger charge is -2.13. The van der Waals surface area contributed by atoms with Crippen molar-refractivity contribution in [2.24, 2.45) is 7.05 Å². The second-order valence-electron chi connectivity index (χ2n) is 12.9. The number of aromatic nitrogens is 1. The molecule has 0 spiro atoms. The van der Waals surface area contributed by atoms with Gasteiger partial charge in [0.05, 0.1) is 16.7 Å². The zero-order valence-electron chi connectivity index (χ0n) is 28.7. The predicted octanol–water partition coefficient (Wildman–Crippen LogP) is 12.6. The quantitative estimate of drug-likeness (QED) is 0.138. The van der Waals surface area contributed by atoms with Gasteiger partial charge >= 0.3 is 0 Å². The average Bonchev–Trinajstić information content (AvgIpc) is 3.50. The Morgan fingerprint density at radius 2 is 1.12 bits per heavy atom. The molecule has 51 heavy (non-hydrogen) atoms. The Bertz CT molecular complexity index is 2650. The van der Waals surface area contributed by atoms with Crippen molar-refractivity contribution in [3.05, 3.63) is 193 Å². The maximum atomic E-state index is 5.99. The fourth-order valence-electron chi connectivity index (χ4n) is 7.34. The average molecular weight is 658 g/mol. The lowest BCUT2D eigenvalue weighted by atomic mass is 9.96. The molecule has 1 aromatic heterocycles. The SMILES string of the molecule is C=Cc1ccc2c3c4ccccc4c4ccccc4c3n(C)c2c1Nc1ccccc1.Nc1ccccc1Cc1ccc(-c2ccccc2)cc1. The van der Waals surface area contributed by atoms with E-state index in [-0.39, 0.29) is 0 Å². The Balaban J connectivity index is 0.000000162. The number of nitrogens with two attached hydrogens (primary N) is 1. The summed E-state index contributed by atoms with van der Waals surface area (Å²) >= 11 is 0. The fraction of sp³-hybridized carbons (Fsp3) is 0.0417. The van der Waals surface area contributed by atoms with Gasteiger partial charge in [-0.1, -0.05) is 164 Å². The van der Waals surface area contributed by atoms with E-state index in [1.165, 1.54) is 65.6 Å². The van der Waals surface area contributed by atoms with Crippen molar-refractivity contribution in [3.63, 3.8) is 0 Å². The number of nitrogens with zero attached hydrogens (tertiary/aromatic N) is 1. The van der Waals surface area contributed by atoms with E-state index in [0.29, 0.717) is 0 Å². The molecule has 0 bridgehead atoms. The summed E-state index contributed by atoms with van der Waals surface area (Å²) in [5.41, 5.74) is 17.5. The van der Waals surface area contributed by atoms with Gasteiger partial charge in [-0.05, 0) is 68.6 Å². The number of aryl methyl sites for hydroxylation is 1. The third kappa shape index (κ3) is 6.00. The van der Waals surface area contributed by atoms with Gasteiger partial charge in [-0.3, -0.25) is 0 Å². The third-order valence-corrected chi connectivity index (χ3v) is 9.83. The molecule has 0 saturated carbocycles.